The maximum Gasteiger partial charge on any atom is 0.165 e. The maximum absolute atomic E-state index is 5.27. The van der Waals surface area contributed by atoms with Crippen LogP contribution in [0.4, 0.5) is 0 Å². The Morgan fingerprint density at radius 3 is 0.922 bits per heavy atom. The van der Waals surface area contributed by atoms with Gasteiger partial charge in [-0.05, 0) is 102 Å². The van der Waals surface area contributed by atoms with Crippen molar-refractivity contribution >= 4 is 43.1 Å². The zero-order valence-corrected chi connectivity index (χ0v) is 34.5. The van der Waals surface area contributed by atoms with Crippen LogP contribution in [-0.4, -0.2) is 29.9 Å². The molecule has 0 amide bonds. The molecule has 298 valence electrons. The van der Waals surface area contributed by atoms with Gasteiger partial charge in [0, 0.05) is 29.1 Å². The van der Waals surface area contributed by atoms with Gasteiger partial charge in [-0.25, -0.2) is 19.9 Å². The summed E-state index contributed by atoms with van der Waals surface area (Å²) < 4.78 is 0. The van der Waals surface area contributed by atoms with Gasteiger partial charge in [0.05, 0.1) is 22.8 Å². The molecule has 0 atom stereocenters. The molecule has 0 aliphatic heterocycles. The third-order valence-electron chi connectivity index (χ3n) is 12.0. The van der Waals surface area contributed by atoms with Gasteiger partial charge in [0.2, 0.25) is 0 Å². The topological polar surface area (TPSA) is 77.3 Å². The van der Waals surface area contributed by atoms with Crippen LogP contribution >= 0.6 is 0 Å². The SMILES string of the molecule is c1ccc(-c2nc(-c3ccccc3)nc(-c3c4ccccc4c(-c4c5ccccc5c(-c5cc(-c6ccccn6)nc(-c6ccccn6)c5)c5ccccc45)c4ccccc34)n2)cc1. The van der Waals surface area contributed by atoms with Crippen molar-refractivity contribution in [3.05, 3.63) is 219 Å². The molecular weight excluding hydrogens is 781 g/mol. The molecule has 0 unspecified atom stereocenters. The van der Waals surface area contributed by atoms with E-state index in [9.17, 15) is 0 Å². The van der Waals surface area contributed by atoms with Gasteiger partial charge < -0.3 is 0 Å². The highest BCUT2D eigenvalue weighted by Crippen LogP contribution is 2.50. The van der Waals surface area contributed by atoms with Crippen molar-refractivity contribution in [3.8, 4) is 79.2 Å². The fraction of sp³-hybridized carbons (Fsp3) is 0. The second kappa shape index (κ2) is 15.6. The Morgan fingerprint density at radius 1 is 0.219 bits per heavy atom. The minimum absolute atomic E-state index is 0.627. The van der Waals surface area contributed by atoms with Gasteiger partial charge in [-0.1, -0.05) is 170 Å². The van der Waals surface area contributed by atoms with Crippen LogP contribution < -0.4 is 0 Å². The van der Waals surface area contributed by atoms with Gasteiger partial charge in [-0.3, -0.25) is 9.97 Å². The molecule has 0 saturated heterocycles. The van der Waals surface area contributed by atoms with Crippen molar-refractivity contribution in [2.45, 2.75) is 0 Å². The molecule has 4 aromatic heterocycles. The van der Waals surface area contributed by atoms with Crippen molar-refractivity contribution in [1.29, 1.82) is 0 Å². The molecule has 0 saturated carbocycles. The predicted molar refractivity (Wildman–Crippen MR) is 261 cm³/mol. The molecule has 0 spiro atoms. The smallest absolute Gasteiger partial charge is 0.165 e. The van der Waals surface area contributed by atoms with Crippen molar-refractivity contribution in [3.63, 3.8) is 0 Å². The molecule has 0 aliphatic carbocycles. The Morgan fingerprint density at radius 2 is 0.547 bits per heavy atom. The minimum Gasteiger partial charge on any atom is -0.255 e. The fourth-order valence-corrected chi connectivity index (χ4v) is 9.23. The molecule has 0 fully saturated rings. The number of pyridine rings is 3. The Kier molecular flexibility index (Phi) is 9.05. The molecule has 6 nitrogen and oxygen atoms in total. The van der Waals surface area contributed by atoms with Gasteiger partial charge in [0.25, 0.3) is 0 Å². The van der Waals surface area contributed by atoms with E-state index in [1.54, 1.807) is 0 Å². The molecule has 0 bridgehead atoms. The molecule has 4 heterocycles. The van der Waals surface area contributed by atoms with Crippen LogP contribution in [-0.2, 0) is 0 Å². The molecule has 64 heavy (non-hydrogen) atoms. The average molecular weight is 817 g/mol. The van der Waals surface area contributed by atoms with Gasteiger partial charge in [0.15, 0.2) is 17.5 Å². The zero-order valence-electron chi connectivity index (χ0n) is 34.5. The van der Waals surface area contributed by atoms with Crippen LogP contribution in [0.3, 0.4) is 0 Å². The van der Waals surface area contributed by atoms with E-state index >= 15 is 0 Å². The van der Waals surface area contributed by atoms with Crippen LogP contribution in [0.1, 0.15) is 0 Å². The molecule has 0 radical (unpaired) electrons. The fourth-order valence-electron chi connectivity index (χ4n) is 9.23. The van der Waals surface area contributed by atoms with E-state index in [4.69, 9.17) is 29.9 Å². The minimum atomic E-state index is 0.627. The maximum atomic E-state index is 5.27. The Balaban J connectivity index is 1.16. The second-order valence-corrected chi connectivity index (χ2v) is 15.8. The molecule has 0 aliphatic rings. The molecular formula is C58H36N6. The molecule has 12 aromatic rings. The van der Waals surface area contributed by atoms with E-state index in [0.29, 0.717) is 17.5 Å². The van der Waals surface area contributed by atoms with Crippen molar-refractivity contribution in [2.24, 2.45) is 0 Å². The van der Waals surface area contributed by atoms with Crippen LogP contribution in [0, 0.1) is 0 Å². The largest absolute Gasteiger partial charge is 0.255 e. The highest BCUT2D eigenvalue weighted by molar-refractivity contribution is 6.29. The first-order valence-electron chi connectivity index (χ1n) is 21.4. The van der Waals surface area contributed by atoms with Crippen LogP contribution in [0.15, 0.2) is 219 Å². The monoisotopic (exact) mass is 816 g/mol. The van der Waals surface area contributed by atoms with Gasteiger partial charge >= 0.3 is 0 Å². The summed E-state index contributed by atoms with van der Waals surface area (Å²) >= 11 is 0. The Bertz CT molecular complexity index is 3230. The number of rotatable bonds is 7. The molecule has 12 rings (SSSR count). The van der Waals surface area contributed by atoms with E-state index in [1.165, 1.54) is 5.56 Å². The average Bonchev–Trinajstić information content (AvgIpc) is 3.38. The summed E-state index contributed by atoms with van der Waals surface area (Å²) in [7, 11) is 0. The van der Waals surface area contributed by atoms with Crippen LogP contribution in [0.25, 0.3) is 122 Å². The lowest BCUT2D eigenvalue weighted by Gasteiger charge is -2.22. The van der Waals surface area contributed by atoms with Crippen LogP contribution in [0.2, 0.25) is 0 Å². The lowest BCUT2D eigenvalue weighted by molar-refractivity contribution is 1.08. The third kappa shape index (κ3) is 6.36. The first-order chi connectivity index (χ1) is 31.8. The molecule has 0 N–H and O–H groups in total. The van der Waals surface area contributed by atoms with Crippen molar-refractivity contribution in [1.82, 2.24) is 29.9 Å². The Hall–Kier alpha value is -8.74. The zero-order chi connectivity index (χ0) is 42.4. The standard InChI is InChI=1S/C58H36N6/c1-3-19-37(20-4-1)56-62-57(38-21-5-2-6-22-38)64-58(63-56)55-46-29-13-11-27-44(46)54(45-28-12-14-30-47(45)55)53-42-25-9-7-23-40(42)52(41-24-8-10-26-43(41)53)39-35-50(48-31-15-17-33-59-48)61-51(36-39)49-32-16-18-34-60-49/h1-36H. The van der Waals surface area contributed by atoms with Crippen molar-refractivity contribution in [2.75, 3.05) is 0 Å². The van der Waals surface area contributed by atoms with E-state index in [0.717, 1.165) is 99.2 Å². The van der Waals surface area contributed by atoms with E-state index in [1.807, 2.05) is 85.2 Å². The quantitative estimate of drug-likeness (QED) is 0.149. The summed E-state index contributed by atoms with van der Waals surface area (Å²) in [6.45, 7) is 0. The number of fused-ring (bicyclic) bond motifs is 4. The van der Waals surface area contributed by atoms with Crippen LogP contribution in [0.5, 0.6) is 0 Å². The first kappa shape index (κ1) is 37.1. The first-order valence-corrected chi connectivity index (χ1v) is 21.4. The number of hydrogen-bond acceptors (Lipinski definition) is 6. The highest BCUT2D eigenvalue weighted by atomic mass is 15.0. The summed E-state index contributed by atoms with van der Waals surface area (Å²) in [5.41, 5.74) is 10.5. The highest BCUT2D eigenvalue weighted by Gasteiger charge is 2.25. The predicted octanol–water partition coefficient (Wildman–Crippen LogP) is 14.3. The van der Waals surface area contributed by atoms with E-state index in [2.05, 4.69) is 133 Å². The number of nitrogens with zero attached hydrogens (tertiary/aromatic N) is 6. The number of benzene rings is 8. The lowest BCUT2D eigenvalue weighted by atomic mass is 9.81. The van der Waals surface area contributed by atoms with Crippen molar-refractivity contribution < 1.29 is 0 Å². The third-order valence-corrected chi connectivity index (χ3v) is 12.0. The summed E-state index contributed by atoms with van der Waals surface area (Å²) in [4.78, 5) is 30.2. The Labute approximate surface area is 369 Å². The van der Waals surface area contributed by atoms with Gasteiger partial charge in [-0.2, -0.15) is 0 Å². The number of aromatic nitrogens is 6. The summed E-state index contributed by atoms with van der Waals surface area (Å²) in [6, 6.07) is 71.6. The molecule has 8 aromatic carbocycles. The second-order valence-electron chi connectivity index (χ2n) is 15.8. The normalized spacial score (nSPS) is 11.4. The van der Waals surface area contributed by atoms with E-state index < -0.39 is 0 Å². The van der Waals surface area contributed by atoms with Gasteiger partial charge in [0.1, 0.15) is 0 Å². The summed E-state index contributed by atoms with van der Waals surface area (Å²) in [6.07, 6.45) is 3.63. The van der Waals surface area contributed by atoms with Gasteiger partial charge in [-0.15, -0.1) is 0 Å². The summed E-state index contributed by atoms with van der Waals surface area (Å²) in [5, 5.41) is 8.91. The van der Waals surface area contributed by atoms with E-state index in [-0.39, 0.29) is 0 Å². The number of hydrogen-bond donors (Lipinski definition) is 0. The molecule has 6 heteroatoms. The summed E-state index contributed by atoms with van der Waals surface area (Å²) in [5.74, 6) is 1.88. The lowest BCUT2D eigenvalue weighted by Crippen LogP contribution is -2.02.